The number of hydrogen-bond acceptors (Lipinski definition) is 2. The molecule has 0 fully saturated rings. The Bertz CT molecular complexity index is 4570. The van der Waals surface area contributed by atoms with E-state index in [1.807, 2.05) is 23.5 Å². The van der Waals surface area contributed by atoms with Crippen molar-refractivity contribution in [3.05, 3.63) is 452 Å². The maximum absolute atomic E-state index is 5.36. The van der Waals surface area contributed by atoms with Crippen LogP contribution in [0.3, 0.4) is 0 Å². The van der Waals surface area contributed by atoms with Gasteiger partial charge in [-0.1, -0.05) is 463 Å². The van der Waals surface area contributed by atoms with Crippen LogP contribution < -0.4 is 68.4 Å². The molecule has 16 aromatic rings. The summed E-state index contributed by atoms with van der Waals surface area (Å²) in [4.78, 5) is 2.64. The van der Waals surface area contributed by atoms with Crippen LogP contribution >= 0.6 is 59.0 Å². The van der Waals surface area contributed by atoms with Crippen LogP contribution in [0.1, 0.15) is 89.2 Å². The first kappa shape index (κ1) is 86.0. The number of hydrogen-bond donors (Lipinski definition) is 0. The third kappa shape index (κ3) is 23.3. The second-order valence-electron chi connectivity index (χ2n) is 28.4. The SMILES string of the molecule is CCCCCCC1(CCCCCC)c2cc(Br)ccc2-c2ccc(-c3ccc(-c4ccc(OC)cc4)s3)cc21.[Pd].c1ccc(P(c2ccccc2)c2ccccc2)cc1.c1ccc(P(c2ccccc2)c2ccccc2)cc1.c1ccc(P(c2ccccc2)c2ccccc2)cc1.c1ccc(P(c2ccccc2)c2ccccc2)cc1. The van der Waals surface area contributed by atoms with Crippen LogP contribution in [0.25, 0.3) is 32.0 Å². The number of ether oxygens (including phenoxy) is 1. The van der Waals surface area contributed by atoms with Crippen molar-refractivity contribution in [3.8, 4) is 37.8 Å². The largest absolute Gasteiger partial charge is 0.497 e. The molecule has 0 spiro atoms. The van der Waals surface area contributed by atoms with Gasteiger partial charge in [-0.25, -0.2) is 0 Å². The van der Waals surface area contributed by atoms with Gasteiger partial charge >= 0.3 is 0 Å². The van der Waals surface area contributed by atoms with Crippen LogP contribution in [-0.4, -0.2) is 7.11 Å². The summed E-state index contributed by atoms with van der Waals surface area (Å²) in [6.45, 7) is 4.62. The molecule has 116 heavy (non-hydrogen) atoms. The Kier molecular flexibility index (Phi) is 34.1. The van der Waals surface area contributed by atoms with Crippen LogP contribution in [0.4, 0.5) is 0 Å². The predicted octanol–water partition coefficient (Wildman–Crippen LogP) is 25.8. The zero-order valence-electron chi connectivity index (χ0n) is 66.4. The molecule has 0 radical (unpaired) electrons. The van der Waals surface area contributed by atoms with Crippen molar-refractivity contribution in [2.75, 3.05) is 7.11 Å². The van der Waals surface area contributed by atoms with Crippen molar-refractivity contribution >= 4 is 123 Å². The second-order valence-corrected chi connectivity index (χ2v) is 39.3. The summed E-state index contributed by atoms with van der Waals surface area (Å²) in [7, 11) is -0.0650. The fourth-order valence-electron chi connectivity index (χ4n) is 15.1. The quantitative estimate of drug-likeness (QED) is 0.0315. The molecule has 0 saturated carbocycles. The van der Waals surface area contributed by atoms with E-state index in [9.17, 15) is 0 Å². The van der Waals surface area contributed by atoms with Crippen LogP contribution in [0.5, 0.6) is 5.75 Å². The number of unbranched alkanes of at least 4 members (excludes halogenated alkanes) is 6. The van der Waals surface area contributed by atoms with Crippen molar-refractivity contribution in [2.24, 2.45) is 0 Å². The molecule has 8 heteroatoms. The first-order valence-electron chi connectivity index (χ1n) is 40.4. The van der Waals surface area contributed by atoms with E-state index in [1.165, 1.54) is 164 Å². The molecule has 15 aromatic carbocycles. The molecule has 0 atom stereocenters. The molecular weight excluding hydrogens is 1660 g/mol. The summed E-state index contributed by atoms with van der Waals surface area (Å²) < 4.78 is 6.56. The molecule has 0 aliphatic heterocycles. The number of benzene rings is 15. The standard InChI is InChI=1S/C36H41BrOS.4C18H15P.Pd/c1-4-6-8-10-22-36(23-11-9-7-5-2)32-24-27(14-18-30(32)31-19-15-28(37)25-33(31)36)35-21-20-34(39-35)26-12-16-29(38-3)17-13-26;4*1-4-10-16(11-5-1)19(17-12-6-2-7-13-17)18-14-8-3-9-15-18;/h12-21,24-25H,4-11,22-23H2,1-3H3;4*1-15H;. The van der Waals surface area contributed by atoms with Gasteiger partial charge in [0, 0.05) is 40.1 Å². The number of methoxy groups -OCH3 is 1. The third-order valence-electron chi connectivity index (χ3n) is 20.7. The molecule has 582 valence electrons. The molecule has 1 heterocycles. The molecule has 0 amide bonds. The van der Waals surface area contributed by atoms with Gasteiger partial charge in [0.05, 0.1) is 7.11 Å². The Balaban J connectivity index is 0.000000139. The van der Waals surface area contributed by atoms with Crippen LogP contribution in [0.15, 0.2) is 441 Å². The van der Waals surface area contributed by atoms with E-state index in [0.717, 1.165) is 5.75 Å². The molecule has 1 nitrogen and oxygen atoms in total. The Morgan fingerprint density at radius 2 is 0.491 bits per heavy atom. The fourth-order valence-corrected chi connectivity index (χ4v) is 25.7. The molecular formula is C108H101BrOP4PdS. The van der Waals surface area contributed by atoms with Crippen molar-refractivity contribution in [1.82, 2.24) is 0 Å². The maximum atomic E-state index is 5.36. The van der Waals surface area contributed by atoms with Gasteiger partial charge in [0.1, 0.15) is 5.75 Å². The first-order chi connectivity index (χ1) is 56.9. The molecule has 1 aliphatic rings. The van der Waals surface area contributed by atoms with E-state index in [0.29, 0.717) is 0 Å². The van der Waals surface area contributed by atoms with Gasteiger partial charge in [-0.2, -0.15) is 0 Å². The zero-order chi connectivity index (χ0) is 78.9. The Hall–Kier alpha value is -9.34. The van der Waals surface area contributed by atoms with E-state index >= 15 is 0 Å². The molecule has 0 N–H and O–H groups in total. The van der Waals surface area contributed by atoms with Gasteiger partial charge < -0.3 is 4.74 Å². The Morgan fingerprint density at radius 1 is 0.259 bits per heavy atom. The minimum atomic E-state index is -0.446. The van der Waals surface area contributed by atoms with Gasteiger partial charge in [0.25, 0.3) is 0 Å². The van der Waals surface area contributed by atoms with Crippen molar-refractivity contribution in [2.45, 2.75) is 83.5 Å². The average molecular weight is 1760 g/mol. The Labute approximate surface area is 722 Å². The minimum absolute atomic E-state index is 0. The maximum Gasteiger partial charge on any atom is 0.118 e. The van der Waals surface area contributed by atoms with Crippen LogP contribution in [-0.2, 0) is 25.8 Å². The number of rotatable bonds is 25. The number of halogens is 1. The van der Waals surface area contributed by atoms with E-state index in [2.05, 4.69) is 454 Å². The van der Waals surface area contributed by atoms with E-state index in [-0.39, 0.29) is 25.8 Å². The summed E-state index contributed by atoms with van der Waals surface area (Å²) in [5, 5.41) is 16.8. The first-order valence-corrected chi connectivity index (χ1v) is 47.4. The summed E-state index contributed by atoms with van der Waals surface area (Å²) in [6.07, 6.45) is 12.9. The molecule has 0 bridgehead atoms. The zero-order valence-corrected chi connectivity index (χ0v) is 74.0. The topological polar surface area (TPSA) is 9.23 Å². The normalized spacial score (nSPS) is 11.4. The van der Waals surface area contributed by atoms with Crippen molar-refractivity contribution in [1.29, 1.82) is 0 Å². The summed E-state index contributed by atoms with van der Waals surface area (Å²) in [5.41, 5.74) is 8.67. The molecule has 17 rings (SSSR count). The third-order valence-corrected chi connectivity index (χ3v) is 32.1. The molecule has 0 saturated heterocycles. The van der Waals surface area contributed by atoms with Gasteiger partial charge in [-0.15, -0.1) is 11.3 Å². The molecule has 1 aliphatic carbocycles. The van der Waals surface area contributed by atoms with Gasteiger partial charge in [0.2, 0.25) is 0 Å². The summed E-state index contributed by atoms with van der Waals surface area (Å²) >= 11 is 5.71. The van der Waals surface area contributed by atoms with Crippen LogP contribution in [0.2, 0.25) is 0 Å². The number of thiophene rings is 1. The smallest absolute Gasteiger partial charge is 0.118 e. The van der Waals surface area contributed by atoms with Crippen molar-refractivity contribution < 1.29 is 25.2 Å². The van der Waals surface area contributed by atoms with Crippen molar-refractivity contribution in [3.63, 3.8) is 0 Å². The average Bonchev–Trinajstić information content (AvgIpc) is 1.56. The van der Waals surface area contributed by atoms with Gasteiger partial charge in [-0.3, -0.25) is 0 Å². The van der Waals surface area contributed by atoms with E-state index < -0.39 is 31.7 Å². The van der Waals surface area contributed by atoms with Gasteiger partial charge in [0.15, 0.2) is 0 Å². The number of fused-ring (bicyclic) bond motifs is 3. The summed E-state index contributed by atoms with van der Waals surface area (Å²) in [5.74, 6) is 0.898. The molecule has 0 unspecified atom stereocenters. The predicted molar refractivity (Wildman–Crippen MR) is 514 cm³/mol. The molecule has 1 aromatic heterocycles. The fraction of sp³-hybridized carbons (Fsp3) is 0.130. The minimum Gasteiger partial charge on any atom is -0.497 e. The van der Waals surface area contributed by atoms with Crippen LogP contribution in [0, 0.1) is 0 Å². The van der Waals surface area contributed by atoms with E-state index in [1.54, 1.807) is 18.2 Å². The van der Waals surface area contributed by atoms with Gasteiger partial charge in [-0.05, 0) is 196 Å². The Morgan fingerprint density at radius 3 is 0.741 bits per heavy atom. The summed E-state index contributed by atoms with van der Waals surface area (Å²) in [6, 6.07) is 157. The monoisotopic (exact) mass is 1750 g/mol. The van der Waals surface area contributed by atoms with E-state index in [4.69, 9.17) is 4.74 Å². The second kappa shape index (κ2) is 46.0.